The Labute approximate surface area is 136 Å². The highest BCUT2D eigenvalue weighted by atomic mass is 16.1. The smallest absolute Gasteiger partial charge is 0.251 e. The third-order valence-electron chi connectivity index (χ3n) is 5.23. The van der Waals surface area contributed by atoms with Gasteiger partial charge < -0.3 is 15.2 Å². The molecule has 1 aliphatic heterocycles. The second-order valence-electron chi connectivity index (χ2n) is 6.79. The SMILES string of the molecule is O=C(NC1CCCC1)c1ccc2c(c1)ncn2C1CCNCC1. The fourth-order valence-electron chi connectivity index (χ4n) is 3.89. The lowest BCUT2D eigenvalue weighted by molar-refractivity contribution is 0.0938. The first-order valence-corrected chi connectivity index (χ1v) is 8.79. The standard InChI is InChI=1S/C18H24N4O/c23-18(21-14-3-1-2-4-14)13-5-6-17-16(11-13)20-12-22(17)15-7-9-19-10-8-15/h5-6,11-12,14-15,19H,1-4,7-10H2,(H,21,23). The zero-order chi connectivity index (χ0) is 15.6. The normalized spacial score (nSPS) is 20.2. The number of carbonyl (C=O) groups is 1. The summed E-state index contributed by atoms with van der Waals surface area (Å²) in [6, 6.07) is 6.78. The van der Waals surface area contributed by atoms with Gasteiger partial charge in [0.05, 0.1) is 17.4 Å². The number of rotatable bonds is 3. The summed E-state index contributed by atoms with van der Waals surface area (Å²) in [6.45, 7) is 2.12. The van der Waals surface area contributed by atoms with E-state index in [1.807, 2.05) is 24.5 Å². The fourth-order valence-corrected chi connectivity index (χ4v) is 3.89. The third kappa shape index (κ3) is 2.98. The number of imidazole rings is 1. The minimum atomic E-state index is 0.0372. The van der Waals surface area contributed by atoms with Crippen molar-refractivity contribution >= 4 is 16.9 Å². The van der Waals surface area contributed by atoms with Crippen LogP contribution in [-0.4, -0.2) is 34.6 Å². The molecule has 1 amide bonds. The van der Waals surface area contributed by atoms with Crippen LogP contribution < -0.4 is 10.6 Å². The number of carbonyl (C=O) groups excluding carboxylic acids is 1. The Balaban J connectivity index is 1.55. The summed E-state index contributed by atoms with van der Waals surface area (Å²) in [4.78, 5) is 16.9. The van der Waals surface area contributed by atoms with Gasteiger partial charge in [-0.25, -0.2) is 4.98 Å². The van der Waals surface area contributed by atoms with Gasteiger partial charge >= 0.3 is 0 Å². The van der Waals surface area contributed by atoms with Crippen LogP contribution in [0.4, 0.5) is 0 Å². The van der Waals surface area contributed by atoms with Crippen LogP contribution in [0.2, 0.25) is 0 Å². The molecule has 2 aliphatic rings. The van der Waals surface area contributed by atoms with Gasteiger partial charge in [-0.15, -0.1) is 0 Å². The largest absolute Gasteiger partial charge is 0.349 e. The summed E-state index contributed by atoms with van der Waals surface area (Å²) in [6.07, 6.45) is 8.87. The van der Waals surface area contributed by atoms with Crippen molar-refractivity contribution in [2.24, 2.45) is 0 Å². The van der Waals surface area contributed by atoms with Crippen LogP contribution in [0.5, 0.6) is 0 Å². The molecular weight excluding hydrogens is 288 g/mol. The van der Waals surface area contributed by atoms with Gasteiger partial charge in [0, 0.05) is 17.6 Å². The number of nitrogens with zero attached hydrogens (tertiary/aromatic N) is 2. The third-order valence-corrected chi connectivity index (χ3v) is 5.23. The molecule has 1 aromatic heterocycles. The van der Waals surface area contributed by atoms with Crippen molar-refractivity contribution in [3.63, 3.8) is 0 Å². The Morgan fingerprint density at radius 1 is 1.17 bits per heavy atom. The second-order valence-corrected chi connectivity index (χ2v) is 6.79. The number of piperidine rings is 1. The molecule has 1 aromatic carbocycles. The van der Waals surface area contributed by atoms with Crippen molar-refractivity contribution in [1.82, 2.24) is 20.2 Å². The highest BCUT2D eigenvalue weighted by Crippen LogP contribution is 2.25. The molecule has 2 fully saturated rings. The molecule has 0 unspecified atom stereocenters. The average molecular weight is 312 g/mol. The summed E-state index contributed by atoms with van der Waals surface area (Å²) in [5.41, 5.74) is 2.77. The first-order valence-electron chi connectivity index (χ1n) is 8.79. The second kappa shape index (κ2) is 6.32. The molecule has 0 radical (unpaired) electrons. The Kier molecular flexibility index (Phi) is 4.04. The molecule has 0 spiro atoms. The Morgan fingerprint density at radius 3 is 2.74 bits per heavy atom. The predicted octanol–water partition coefficient (Wildman–Crippen LogP) is 2.63. The van der Waals surface area contributed by atoms with Gasteiger partial charge in [0.25, 0.3) is 5.91 Å². The van der Waals surface area contributed by atoms with Crippen LogP contribution in [0.1, 0.15) is 54.9 Å². The molecule has 1 saturated carbocycles. The summed E-state index contributed by atoms with van der Waals surface area (Å²) < 4.78 is 2.27. The minimum absolute atomic E-state index is 0.0372. The van der Waals surface area contributed by atoms with Gasteiger partial charge in [-0.3, -0.25) is 4.79 Å². The summed E-state index contributed by atoms with van der Waals surface area (Å²) in [5.74, 6) is 0.0372. The summed E-state index contributed by atoms with van der Waals surface area (Å²) in [5, 5.41) is 6.54. The fraction of sp³-hybridized carbons (Fsp3) is 0.556. The average Bonchev–Trinajstić information content (AvgIpc) is 3.24. The van der Waals surface area contributed by atoms with Crippen LogP contribution in [0, 0.1) is 0 Å². The molecule has 2 aromatic rings. The number of aromatic nitrogens is 2. The van der Waals surface area contributed by atoms with Gasteiger partial charge in [-0.05, 0) is 57.0 Å². The molecular formula is C18H24N4O. The zero-order valence-corrected chi connectivity index (χ0v) is 13.4. The van der Waals surface area contributed by atoms with Crippen LogP contribution in [-0.2, 0) is 0 Å². The van der Waals surface area contributed by atoms with E-state index in [2.05, 4.69) is 20.2 Å². The maximum absolute atomic E-state index is 12.4. The van der Waals surface area contributed by atoms with Crippen LogP contribution >= 0.6 is 0 Å². The molecule has 2 N–H and O–H groups in total. The molecule has 0 atom stereocenters. The van der Waals surface area contributed by atoms with E-state index in [0.717, 1.165) is 55.4 Å². The minimum Gasteiger partial charge on any atom is -0.349 e. The van der Waals surface area contributed by atoms with Crippen LogP contribution in [0.25, 0.3) is 11.0 Å². The Bertz CT molecular complexity index is 696. The van der Waals surface area contributed by atoms with Crippen LogP contribution in [0.3, 0.4) is 0 Å². The van der Waals surface area contributed by atoms with E-state index in [0.29, 0.717) is 12.1 Å². The lowest BCUT2D eigenvalue weighted by Gasteiger charge is -2.24. The first-order chi connectivity index (χ1) is 11.3. The van der Waals surface area contributed by atoms with Gasteiger partial charge in [-0.1, -0.05) is 12.8 Å². The number of nitrogens with one attached hydrogen (secondary N) is 2. The topological polar surface area (TPSA) is 59.0 Å². The molecule has 2 heterocycles. The Morgan fingerprint density at radius 2 is 1.96 bits per heavy atom. The zero-order valence-electron chi connectivity index (χ0n) is 13.4. The molecule has 122 valence electrons. The predicted molar refractivity (Wildman–Crippen MR) is 90.6 cm³/mol. The lowest BCUT2D eigenvalue weighted by atomic mass is 10.1. The van der Waals surface area contributed by atoms with E-state index < -0.39 is 0 Å². The van der Waals surface area contributed by atoms with Gasteiger partial charge in [0.15, 0.2) is 0 Å². The molecule has 4 rings (SSSR count). The highest BCUT2D eigenvalue weighted by molar-refractivity contribution is 5.97. The van der Waals surface area contributed by atoms with E-state index in [1.165, 1.54) is 12.8 Å². The van der Waals surface area contributed by atoms with Crippen molar-refractivity contribution < 1.29 is 4.79 Å². The maximum Gasteiger partial charge on any atom is 0.251 e. The van der Waals surface area contributed by atoms with E-state index in [-0.39, 0.29) is 5.91 Å². The highest BCUT2D eigenvalue weighted by Gasteiger charge is 2.20. The van der Waals surface area contributed by atoms with E-state index >= 15 is 0 Å². The molecule has 1 saturated heterocycles. The van der Waals surface area contributed by atoms with Crippen molar-refractivity contribution in [2.75, 3.05) is 13.1 Å². The lowest BCUT2D eigenvalue weighted by Crippen LogP contribution is -2.32. The number of hydrogen-bond donors (Lipinski definition) is 2. The van der Waals surface area contributed by atoms with Crippen molar-refractivity contribution in [1.29, 1.82) is 0 Å². The van der Waals surface area contributed by atoms with Crippen molar-refractivity contribution in [3.05, 3.63) is 30.1 Å². The monoisotopic (exact) mass is 312 g/mol. The van der Waals surface area contributed by atoms with E-state index in [9.17, 15) is 4.79 Å². The van der Waals surface area contributed by atoms with E-state index in [4.69, 9.17) is 0 Å². The van der Waals surface area contributed by atoms with Gasteiger partial charge in [-0.2, -0.15) is 0 Å². The molecule has 1 aliphatic carbocycles. The van der Waals surface area contributed by atoms with Crippen LogP contribution in [0.15, 0.2) is 24.5 Å². The number of amides is 1. The summed E-state index contributed by atoms with van der Waals surface area (Å²) >= 11 is 0. The molecule has 5 heteroatoms. The maximum atomic E-state index is 12.4. The molecule has 0 bridgehead atoms. The number of benzene rings is 1. The van der Waals surface area contributed by atoms with Gasteiger partial charge in [0.1, 0.15) is 0 Å². The number of hydrogen-bond acceptors (Lipinski definition) is 3. The van der Waals surface area contributed by atoms with Crippen molar-refractivity contribution in [3.8, 4) is 0 Å². The summed E-state index contributed by atoms with van der Waals surface area (Å²) in [7, 11) is 0. The molecule has 23 heavy (non-hydrogen) atoms. The number of fused-ring (bicyclic) bond motifs is 1. The van der Waals surface area contributed by atoms with E-state index in [1.54, 1.807) is 0 Å². The Hall–Kier alpha value is -1.88. The van der Waals surface area contributed by atoms with Gasteiger partial charge in [0.2, 0.25) is 0 Å². The first kappa shape index (κ1) is 14.7. The quantitative estimate of drug-likeness (QED) is 0.916. The van der Waals surface area contributed by atoms with Crippen molar-refractivity contribution in [2.45, 2.75) is 50.6 Å². The molecule has 5 nitrogen and oxygen atoms in total.